The molecule has 7 heteroatoms. The lowest BCUT2D eigenvalue weighted by atomic mass is 10.0. The van der Waals surface area contributed by atoms with Crippen molar-refractivity contribution in [3.05, 3.63) is 58.4 Å². The van der Waals surface area contributed by atoms with Crippen molar-refractivity contribution in [2.24, 2.45) is 4.40 Å². The number of benzene rings is 1. The number of ether oxygens (including phenoxy) is 1. The number of thiophene rings is 1. The van der Waals surface area contributed by atoms with Crippen molar-refractivity contribution in [1.82, 2.24) is 4.57 Å². The fourth-order valence-corrected chi connectivity index (χ4v) is 5.00. The van der Waals surface area contributed by atoms with Crippen molar-refractivity contribution in [3.63, 3.8) is 0 Å². The third-order valence-electron chi connectivity index (χ3n) is 4.79. The topological polar surface area (TPSA) is 49.6 Å². The summed E-state index contributed by atoms with van der Waals surface area (Å²) in [6.45, 7) is 14.3. The maximum Gasteiger partial charge on any atom is 0.144 e. The van der Waals surface area contributed by atoms with E-state index in [1.165, 1.54) is 0 Å². The van der Waals surface area contributed by atoms with Gasteiger partial charge < -0.3 is 13.9 Å². The fourth-order valence-electron chi connectivity index (χ4n) is 2.96. The first kappa shape index (κ1) is 23.3. The van der Waals surface area contributed by atoms with Crippen molar-refractivity contribution >= 4 is 47.4 Å². The molecule has 0 saturated heterocycles. The van der Waals surface area contributed by atoms with E-state index in [4.69, 9.17) is 4.74 Å². The zero-order valence-corrected chi connectivity index (χ0v) is 21.4. The largest absolute Gasteiger partial charge is 0.591 e. The summed E-state index contributed by atoms with van der Waals surface area (Å²) in [4.78, 5) is 0. The Bertz CT molecular complexity index is 999. The molecule has 1 atom stereocenters. The minimum atomic E-state index is -1.34. The first-order valence-electron chi connectivity index (χ1n) is 10.3. The van der Waals surface area contributed by atoms with Crippen LogP contribution < -0.4 is 0 Å². The zero-order valence-electron chi connectivity index (χ0n) is 18.8. The second-order valence-electron chi connectivity index (χ2n) is 9.69. The number of nitrogens with zero attached hydrogens (tertiary/aromatic N) is 2. The third kappa shape index (κ3) is 5.86. The highest BCUT2D eigenvalue weighted by Crippen LogP contribution is 2.27. The van der Waals surface area contributed by atoms with Crippen LogP contribution in [0.1, 0.15) is 31.9 Å². The first-order chi connectivity index (χ1) is 14.1. The second-order valence-corrected chi connectivity index (χ2v) is 18.0. The Kier molecular flexibility index (Phi) is 7.30. The molecule has 0 saturated carbocycles. The lowest BCUT2D eigenvalue weighted by Gasteiger charge is -2.19. The van der Waals surface area contributed by atoms with Crippen molar-refractivity contribution in [2.75, 3.05) is 6.61 Å². The maximum atomic E-state index is 12.8. The molecule has 0 amide bonds. The molecule has 4 nitrogen and oxygen atoms in total. The highest BCUT2D eigenvalue weighted by Gasteiger charge is 2.28. The Balaban J connectivity index is 1.94. The van der Waals surface area contributed by atoms with Gasteiger partial charge in [0.1, 0.15) is 28.6 Å². The molecule has 0 bridgehead atoms. The van der Waals surface area contributed by atoms with Gasteiger partial charge in [0, 0.05) is 42.8 Å². The summed E-state index contributed by atoms with van der Waals surface area (Å²) in [6.07, 6.45) is 2.06. The minimum Gasteiger partial charge on any atom is -0.591 e. The number of fused-ring (bicyclic) bond motifs is 1. The van der Waals surface area contributed by atoms with Gasteiger partial charge in [-0.2, -0.15) is 11.3 Å². The molecule has 0 aliphatic heterocycles. The quantitative estimate of drug-likeness (QED) is 0.171. The summed E-state index contributed by atoms with van der Waals surface area (Å²) in [5.41, 5.74) is 3.89. The van der Waals surface area contributed by atoms with Crippen LogP contribution in [0.4, 0.5) is 0 Å². The molecule has 30 heavy (non-hydrogen) atoms. The van der Waals surface area contributed by atoms with Crippen LogP contribution in [-0.4, -0.2) is 34.3 Å². The number of hydrogen-bond acceptors (Lipinski definition) is 4. The fraction of sp³-hybridized carbons (Fsp3) is 0.435. The van der Waals surface area contributed by atoms with Crippen LogP contribution in [-0.2, 0) is 22.8 Å². The molecule has 0 aliphatic rings. The van der Waals surface area contributed by atoms with E-state index in [1.54, 1.807) is 11.3 Å². The average Bonchev–Trinajstić information content (AvgIpc) is 3.31. The van der Waals surface area contributed by atoms with Crippen LogP contribution in [0, 0.1) is 0 Å². The summed E-state index contributed by atoms with van der Waals surface area (Å²) < 4.78 is 25.2. The van der Waals surface area contributed by atoms with E-state index in [0.29, 0.717) is 6.73 Å². The molecule has 0 spiro atoms. The van der Waals surface area contributed by atoms with Crippen LogP contribution in [0.5, 0.6) is 0 Å². The van der Waals surface area contributed by atoms with E-state index in [0.717, 1.165) is 40.4 Å². The maximum absolute atomic E-state index is 12.8. The smallest absolute Gasteiger partial charge is 0.144 e. The SMILES string of the molecule is CC(C)(C)[S+]([O-])N=C(c1ccsc1)c1cccc2c1ccn2COCC[Si](C)(C)C. The molecule has 0 N–H and O–H groups in total. The van der Waals surface area contributed by atoms with E-state index in [9.17, 15) is 4.55 Å². The molecular formula is C23H32N2O2S2Si. The number of hydrogen-bond donors (Lipinski definition) is 0. The molecule has 162 valence electrons. The van der Waals surface area contributed by atoms with Crippen LogP contribution in [0.25, 0.3) is 10.9 Å². The van der Waals surface area contributed by atoms with E-state index >= 15 is 0 Å². The Morgan fingerprint density at radius 1 is 1.20 bits per heavy atom. The van der Waals surface area contributed by atoms with Gasteiger partial charge in [-0.3, -0.25) is 0 Å². The molecule has 1 aromatic carbocycles. The Labute approximate surface area is 188 Å². The second kappa shape index (κ2) is 9.40. The molecule has 0 aliphatic carbocycles. The van der Waals surface area contributed by atoms with Crippen LogP contribution in [0.2, 0.25) is 25.7 Å². The molecule has 2 aromatic heterocycles. The van der Waals surface area contributed by atoms with Crippen LogP contribution in [0.3, 0.4) is 0 Å². The van der Waals surface area contributed by atoms with E-state index in [2.05, 4.69) is 58.4 Å². The zero-order chi connectivity index (χ0) is 21.9. The molecular weight excluding hydrogens is 428 g/mol. The monoisotopic (exact) mass is 460 g/mol. The van der Waals surface area contributed by atoms with Gasteiger partial charge >= 0.3 is 0 Å². The number of rotatable bonds is 8. The molecule has 0 fully saturated rings. The van der Waals surface area contributed by atoms with Gasteiger partial charge in [-0.1, -0.05) is 36.2 Å². The molecule has 0 radical (unpaired) electrons. The van der Waals surface area contributed by atoms with Gasteiger partial charge in [-0.25, -0.2) is 0 Å². The summed E-state index contributed by atoms with van der Waals surface area (Å²) in [6, 6.07) is 11.5. The minimum absolute atomic E-state index is 0.411. The molecule has 2 heterocycles. The van der Waals surface area contributed by atoms with Gasteiger partial charge in [0.05, 0.1) is 5.52 Å². The van der Waals surface area contributed by atoms with E-state index in [1.807, 2.05) is 38.3 Å². The lowest BCUT2D eigenvalue weighted by Crippen LogP contribution is -2.27. The average molecular weight is 461 g/mol. The Hall–Kier alpha value is -1.38. The van der Waals surface area contributed by atoms with Crippen LogP contribution in [0.15, 0.2) is 51.7 Å². The van der Waals surface area contributed by atoms with Crippen molar-refractivity contribution in [3.8, 4) is 0 Å². The van der Waals surface area contributed by atoms with Gasteiger partial charge in [0.2, 0.25) is 0 Å². The summed E-state index contributed by atoms with van der Waals surface area (Å²) in [5, 5.41) is 5.19. The molecule has 3 aromatic rings. The van der Waals surface area contributed by atoms with Gasteiger partial charge in [-0.15, -0.1) is 0 Å². The third-order valence-corrected chi connectivity index (χ3v) is 8.57. The van der Waals surface area contributed by atoms with E-state index < -0.39 is 24.2 Å². The predicted octanol–water partition coefficient (Wildman–Crippen LogP) is 6.31. The predicted molar refractivity (Wildman–Crippen MR) is 134 cm³/mol. The Morgan fingerprint density at radius 2 is 1.97 bits per heavy atom. The Morgan fingerprint density at radius 3 is 2.60 bits per heavy atom. The van der Waals surface area contributed by atoms with Gasteiger partial charge in [0.25, 0.3) is 0 Å². The summed E-state index contributed by atoms with van der Waals surface area (Å²) in [5.74, 6) is 0. The molecule has 1 unspecified atom stereocenters. The van der Waals surface area contributed by atoms with Crippen molar-refractivity contribution in [2.45, 2.75) is 57.9 Å². The lowest BCUT2D eigenvalue weighted by molar-refractivity contribution is 0.0902. The number of aromatic nitrogens is 1. The van der Waals surface area contributed by atoms with Crippen LogP contribution >= 0.6 is 11.3 Å². The molecule has 3 rings (SSSR count). The normalized spacial score (nSPS) is 14.4. The summed E-state index contributed by atoms with van der Waals surface area (Å²) >= 11 is 0.283. The highest BCUT2D eigenvalue weighted by atomic mass is 32.2. The van der Waals surface area contributed by atoms with Gasteiger partial charge in [0.15, 0.2) is 0 Å². The highest BCUT2D eigenvalue weighted by molar-refractivity contribution is 7.91. The van der Waals surface area contributed by atoms with Crippen molar-refractivity contribution < 1.29 is 9.29 Å². The van der Waals surface area contributed by atoms with E-state index in [-0.39, 0.29) is 0 Å². The van der Waals surface area contributed by atoms with Crippen molar-refractivity contribution in [1.29, 1.82) is 0 Å². The van der Waals surface area contributed by atoms with Gasteiger partial charge in [-0.05, 0) is 50.4 Å². The summed E-state index contributed by atoms with van der Waals surface area (Å²) in [7, 11) is -1.10. The standard InChI is InChI=1S/C23H32N2O2S2Si/c1-23(2,3)29(26)24-22(18-11-14-28-16-18)20-8-7-9-21-19(20)10-12-25(21)17-27-13-15-30(4,5)6/h7-12,14,16H,13,15,17H2,1-6H3. The first-order valence-corrected chi connectivity index (χ1v) is 16.0.